The molecular weight excluding hydrogens is 202 g/mol. The van der Waals surface area contributed by atoms with Gasteiger partial charge in [-0.2, -0.15) is 4.39 Å². The van der Waals surface area contributed by atoms with Gasteiger partial charge in [0.2, 0.25) is 5.13 Å². The Hall–Kier alpha value is -0.960. The minimum atomic E-state index is -0.715. The highest BCUT2D eigenvalue weighted by molar-refractivity contribution is 7.17. The second-order valence-electron chi connectivity index (χ2n) is 3.56. The average molecular weight is 212 g/mol. The number of benzene rings is 1. The van der Waals surface area contributed by atoms with Crippen molar-refractivity contribution in [3.8, 4) is 0 Å². The smallest absolute Gasteiger partial charge is 0.202 e. The molecule has 0 fully saturated rings. The molecule has 0 aliphatic heterocycles. The van der Waals surface area contributed by atoms with Crippen LogP contribution in [0.1, 0.15) is 25.3 Å². The summed E-state index contributed by atoms with van der Waals surface area (Å²) in [5.41, 5.74) is 0.875. The maximum atomic E-state index is 13.4. The lowest BCUT2D eigenvalue weighted by molar-refractivity contribution is 0.537. The molecule has 0 aliphatic carbocycles. The number of rotatable bonds is 1. The normalized spacial score (nSPS) is 11.5. The van der Waals surface area contributed by atoms with Crippen LogP contribution < -0.4 is 0 Å². The molecule has 0 spiro atoms. The van der Waals surface area contributed by atoms with Crippen LogP contribution in [0.15, 0.2) is 18.2 Å². The van der Waals surface area contributed by atoms with E-state index in [1.165, 1.54) is 0 Å². The van der Waals surface area contributed by atoms with Gasteiger partial charge < -0.3 is 0 Å². The number of fused-ring (bicyclic) bond motifs is 1. The summed E-state index contributed by atoms with van der Waals surface area (Å²) in [6, 6.07) is 5.44. The summed E-state index contributed by atoms with van der Waals surface area (Å²) in [6.07, 6.45) is 0. The number of halogens is 2. The summed E-state index contributed by atoms with van der Waals surface area (Å²) in [7, 11) is 0. The van der Waals surface area contributed by atoms with Gasteiger partial charge in [-0.15, -0.1) is 11.3 Å². The first kappa shape index (κ1) is 9.59. The first-order chi connectivity index (χ1) is 6.61. The van der Waals surface area contributed by atoms with Crippen LogP contribution >= 0.6 is 11.3 Å². The molecule has 3 heteroatoms. The van der Waals surface area contributed by atoms with E-state index in [9.17, 15) is 8.78 Å². The van der Waals surface area contributed by atoms with E-state index in [1.54, 1.807) is 6.07 Å². The topological polar surface area (TPSA) is 0 Å². The Morgan fingerprint density at radius 3 is 2.57 bits per heavy atom. The Labute approximate surface area is 85.2 Å². The monoisotopic (exact) mass is 212 g/mol. The molecule has 0 nitrogen and oxygen atoms in total. The predicted octanol–water partition coefficient (Wildman–Crippen LogP) is 4.30. The van der Waals surface area contributed by atoms with Crippen LogP contribution in [0.2, 0.25) is 0 Å². The van der Waals surface area contributed by atoms with Gasteiger partial charge in [-0.25, -0.2) is 4.39 Å². The molecule has 0 amide bonds. The maximum absolute atomic E-state index is 13.4. The van der Waals surface area contributed by atoms with Gasteiger partial charge in [-0.05, 0) is 17.5 Å². The van der Waals surface area contributed by atoms with Crippen molar-refractivity contribution < 1.29 is 8.78 Å². The lowest BCUT2D eigenvalue weighted by Crippen LogP contribution is -1.89. The molecule has 2 aromatic rings. The van der Waals surface area contributed by atoms with Crippen LogP contribution in [0.25, 0.3) is 10.1 Å². The molecule has 1 heterocycles. The van der Waals surface area contributed by atoms with Crippen molar-refractivity contribution in [1.29, 1.82) is 0 Å². The first-order valence-corrected chi connectivity index (χ1v) is 5.29. The van der Waals surface area contributed by atoms with Crippen molar-refractivity contribution in [3.63, 3.8) is 0 Å². The second-order valence-corrected chi connectivity index (χ2v) is 4.57. The summed E-state index contributed by atoms with van der Waals surface area (Å²) in [5.74, 6) is -0.489. The third-order valence-corrected chi connectivity index (χ3v) is 3.19. The summed E-state index contributed by atoms with van der Waals surface area (Å²) in [4.78, 5) is 0. The van der Waals surface area contributed by atoms with E-state index in [1.807, 2.05) is 26.0 Å². The second kappa shape index (κ2) is 3.31. The van der Waals surface area contributed by atoms with Crippen molar-refractivity contribution in [3.05, 3.63) is 34.7 Å². The fourth-order valence-electron chi connectivity index (χ4n) is 1.59. The molecule has 1 aromatic carbocycles. The zero-order chi connectivity index (χ0) is 10.3. The summed E-state index contributed by atoms with van der Waals surface area (Å²) >= 11 is 0.869. The van der Waals surface area contributed by atoms with Crippen LogP contribution in [-0.4, -0.2) is 0 Å². The fourth-order valence-corrected chi connectivity index (χ4v) is 2.43. The summed E-state index contributed by atoms with van der Waals surface area (Å²) < 4.78 is 27.1. The van der Waals surface area contributed by atoms with E-state index in [0.717, 1.165) is 16.9 Å². The van der Waals surface area contributed by atoms with Gasteiger partial charge >= 0.3 is 0 Å². The van der Waals surface area contributed by atoms with Crippen LogP contribution in [0, 0.1) is 10.9 Å². The fraction of sp³-hybridized carbons (Fsp3) is 0.273. The molecule has 0 atom stereocenters. The standard InChI is InChI=1S/C11H10F2S/c1-6(2)7-4-3-5-8-9(7)10(12)11(13)14-8/h3-6H,1-2H3. The molecule has 0 bridgehead atoms. The van der Waals surface area contributed by atoms with Crippen molar-refractivity contribution in [2.24, 2.45) is 0 Å². The Balaban J connectivity index is 2.84. The molecule has 0 saturated carbocycles. The highest BCUT2D eigenvalue weighted by Crippen LogP contribution is 2.34. The van der Waals surface area contributed by atoms with Gasteiger partial charge in [-0.3, -0.25) is 0 Å². The van der Waals surface area contributed by atoms with Crippen molar-refractivity contribution in [1.82, 2.24) is 0 Å². The highest BCUT2D eigenvalue weighted by atomic mass is 32.1. The van der Waals surface area contributed by atoms with Gasteiger partial charge in [0.15, 0.2) is 5.82 Å². The molecule has 14 heavy (non-hydrogen) atoms. The quantitative estimate of drug-likeness (QED) is 0.661. The van der Waals surface area contributed by atoms with Gasteiger partial charge in [0.05, 0.1) is 0 Å². The van der Waals surface area contributed by atoms with Gasteiger partial charge in [0.25, 0.3) is 0 Å². The zero-order valence-electron chi connectivity index (χ0n) is 7.97. The molecule has 1 aromatic heterocycles. The van der Waals surface area contributed by atoms with E-state index in [-0.39, 0.29) is 5.92 Å². The molecule has 0 unspecified atom stereocenters. The number of hydrogen-bond acceptors (Lipinski definition) is 1. The Morgan fingerprint density at radius 1 is 1.21 bits per heavy atom. The zero-order valence-corrected chi connectivity index (χ0v) is 8.79. The molecule has 74 valence electrons. The highest BCUT2D eigenvalue weighted by Gasteiger charge is 2.16. The number of thiophene rings is 1. The lowest BCUT2D eigenvalue weighted by Gasteiger charge is -2.06. The van der Waals surface area contributed by atoms with Crippen molar-refractivity contribution >= 4 is 21.4 Å². The Morgan fingerprint density at radius 2 is 1.93 bits per heavy atom. The maximum Gasteiger partial charge on any atom is 0.213 e. The van der Waals surface area contributed by atoms with Crippen LogP contribution in [-0.2, 0) is 0 Å². The largest absolute Gasteiger partial charge is 0.213 e. The minimum absolute atomic E-state index is 0.210. The predicted molar refractivity (Wildman–Crippen MR) is 55.8 cm³/mol. The van der Waals surface area contributed by atoms with Crippen molar-refractivity contribution in [2.45, 2.75) is 19.8 Å². The van der Waals surface area contributed by atoms with Crippen LogP contribution in [0.3, 0.4) is 0 Å². The molecular formula is C11H10F2S. The average Bonchev–Trinajstić information content (AvgIpc) is 2.43. The Kier molecular flexibility index (Phi) is 2.27. The third kappa shape index (κ3) is 1.32. The third-order valence-electron chi connectivity index (χ3n) is 2.27. The van der Waals surface area contributed by atoms with E-state index in [0.29, 0.717) is 10.1 Å². The summed E-state index contributed by atoms with van der Waals surface area (Å²) in [5, 5.41) is -0.266. The van der Waals surface area contributed by atoms with E-state index in [4.69, 9.17) is 0 Å². The van der Waals surface area contributed by atoms with Crippen LogP contribution in [0.5, 0.6) is 0 Å². The van der Waals surface area contributed by atoms with E-state index in [2.05, 4.69) is 0 Å². The SMILES string of the molecule is CC(C)c1cccc2sc(F)c(F)c12. The molecule has 2 rings (SSSR count). The molecule has 0 aliphatic rings. The lowest BCUT2D eigenvalue weighted by atomic mass is 9.99. The van der Waals surface area contributed by atoms with E-state index < -0.39 is 10.9 Å². The molecule has 0 radical (unpaired) electrons. The van der Waals surface area contributed by atoms with Gasteiger partial charge in [0.1, 0.15) is 0 Å². The first-order valence-electron chi connectivity index (χ1n) is 4.47. The van der Waals surface area contributed by atoms with Gasteiger partial charge in [-0.1, -0.05) is 26.0 Å². The molecule has 0 N–H and O–H groups in total. The van der Waals surface area contributed by atoms with Crippen LogP contribution in [0.4, 0.5) is 8.78 Å². The molecule has 0 saturated heterocycles. The summed E-state index contributed by atoms with van der Waals surface area (Å²) in [6.45, 7) is 3.95. The Bertz CT molecular complexity index is 471. The minimum Gasteiger partial charge on any atom is -0.202 e. The number of hydrogen-bond donors (Lipinski definition) is 0. The van der Waals surface area contributed by atoms with Crippen molar-refractivity contribution in [2.75, 3.05) is 0 Å². The van der Waals surface area contributed by atoms with E-state index >= 15 is 0 Å². The van der Waals surface area contributed by atoms with Gasteiger partial charge in [0, 0.05) is 10.1 Å².